The Hall–Kier alpha value is -3.54. The molecule has 31 heavy (non-hydrogen) atoms. The smallest absolute Gasteiger partial charge is 0.317 e. The molecule has 3 N–H and O–H groups in total. The number of likely N-dealkylation sites (N-methyl/N-ethyl adjacent to an activating group) is 1. The molecule has 3 aromatic rings. The maximum Gasteiger partial charge on any atom is 0.324 e. The molecule has 0 saturated carbocycles. The van der Waals surface area contributed by atoms with Crippen LogP contribution in [0, 0.1) is 17.1 Å². The Bertz CT molecular complexity index is 1010. The average molecular weight is 441 g/mol. The fourth-order valence-corrected chi connectivity index (χ4v) is 2.65. The summed E-state index contributed by atoms with van der Waals surface area (Å²) in [4.78, 5) is 19.7. The fourth-order valence-electron chi connectivity index (χ4n) is 2.37. The Kier molecular flexibility index (Phi) is 9.88. The maximum absolute atomic E-state index is 11.9. The van der Waals surface area contributed by atoms with Crippen molar-refractivity contribution in [1.29, 1.82) is 5.26 Å². The van der Waals surface area contributed by atoms with Crippen LogP contribution in [0.1, 0.15) is 18.2 Å². The summed E-state index contributed by atoms with van der Waals surface area (Å²) in [6, 6.07) is 14.7. The number of amides is 2. The summed E-state index contributed by atoms with van der Waals surface area (Å²) in [5.74, 6) is 0.0716. The molecule has 0 spiro atoms. The Morgan fingerprint density at radius 3 is 2.45 bits per heavy atom. The second-order valence-corrected chi connectivity index (χ2v) is 6.59. The monoisotopic (exact) mass is 440 g/mol. The van der Waals surface area contributed by atoms with Crippen molar-refractivity contribution in [2.45, 2.75) is 13.3 Å². The number of hydrogen-bond donors (Lipinski definition) is 3. The fraction of sp³-hybridized carbons (Fsp3) is 0.182. The quantitative estimate of drug-likeness (QED) is 0.485. The van der Waals surface area contributed by atoms with Crippen LogP contribution in [-0.4, -0.2) is 29.1 Å². The molecule has 2 aromatic carbocycles. The molecule has 0 fully saturated rings. The predicted octanol–water partition coefficient (Wildman–Crippen LogP) is 4.62. The number of carbonyl (C=O) groups excluding carboxylic acids is 1. The summed E-state index contributed by atoms with van der Waals surface area (Å²) in [6.07, 6.45) is 3.42. The van der Waals surface area contributed by atoms with E-state index >= 15 is 0 Å². The number of nitrogens with zero attached hydrogens (tertiary/aromatic N) is 3. The van der Waals surface area contributed by atoms with E-state index in [2.05, 4.69) is 25.9 Å². The molecule has 3 rings (SSSR count). The van der Waals surface area contributed by atoms with E-state index in [0.717, 1.165) is 25.1 Å². The molecular formula is C22H22ClFN6O. The van der Waals surface area contributed by atoms with E-state index in [1.807, 2.05) is 19.1 Å². The molecule has 0 atom stereocenters. The summed E-state index contributed by atoms with van der Waals surface area (Å²) in [6.45, 7) is 3.81. The molecule has 2 amide bonds. The first-order valence-electron chi connectivity index (χ1n) is 9.51. The summed E-state index contributed by atoms with van der Waals surface area (Å²) < 4.78 is 11.9. The number of benzene rings is 2. The van der Waals surface area contributed by atoms with E-state index in [-0.39, 0.29) is 17.3 Å². The van der Waals surface area contributed by atoms with E-state index in [1.165, 1.54) is 24.5 Å². The zero-order valence-corrected chi connectivity index (χ0v) is 17.7. The Morgan fingerprint density at radius 2 is 1.90 bits per heavy atom. The van der Waals surface area contributed by atoms with Crippen LogP contribution in [0.15, 0.2) is 60.9 Å². The predicted molar refractivity (Wildman–Crippen MR) is 119 cm³/mol. The van der Waals surface area contributed by atoms with Gasteiger partial charge in [-0.3, -0.25) is 5.32 Å². The first-order valence-corrected chi connectivity index (χ1v) is 9.89. The summed E-state index contributed by atoms with van der Waals surface area (Å²) >= 11 is 6.23. The maximum atomic E-state index is 11.9. The molecule has 0 bridgehead atoms. The zero-order chi connectivity index (χ0) is 22.5. The molecule has 0 radical (unpaired) electrons. The van der Waals surface area contributed by atoms with Crippen molar-refractivity contribution in [2.75, 3.05) is 23.7 Å². The van der Waals surface area contributed by atoms with E-state index in [4.69, 9.17) is 16.9 Å². The zero-order valence-electron chi connectivity index (χ0n) is 16.9. The highest BCUT2D eigenvalue weighted by Gasteiger charge is 2.07. The number of anilines is 2. The highest BCUT2D eigenvalue weighted by atomic mass is 35.5. The number of urea groups is 1. The Balaban J connectivity index is 0.000000412. The van der Waals surface area contributed by atoms with Gasteiger partial charge in [0.05, 0.1) is 12.4 Å². The van der Waals surface area contributed by atoms with E-state index in [9.17, 15) is 9.18 Å². The van der Waals surface area contributed by atoms with Crippen LogP contribution >= 0.6 is 11.6 Å². The van der Waals surface area contributed by atoms with Gasteiger partial charge >= 0.3 is 6.03 Å². The number of hydrogen-bond acceptors (Lipinski definition) is 5. The van der Waals surface area contributed by atoms with Gasteiger partial charge in [-0.15, -0.1) is 0 Å². The van der Waals surface area contributed by atoms with Gasteiger partial charge in [0.2, 0.25) is 0 Å². The van der Waals surface area contributed by atoms with Crippen molar-refractivity contribution in [3.63, 3.8) is 0 Å². The second-order valence-electron chi connectivity index (χ2n) is 6.18. The highest BCUT2D eigenvalue weighted by Crippen LogP contribution is 2.21. The normalized spacial score (nSPS) is 9.74. The van der Waals surface area contributed by atoms with E-state index in [0.29, 0.717) is 10.7 Å². The third-order valence-electron chi connectivity index (χ3n) is 3.87. The number of rotatable bonds is 6. The lowest BCUT2D eigenvalue weighted by atomic mass is 10.1. The molecule has 9 heteroatoms. The number of nitriles is 1. The molecule has 0 aliphatic heterocycles. The van der Waals surface area contributed by atoms with Crippen LogP contribution in [0.5, 0.6) is 0 Å². The molecule has 1 heterocycles. The molecule has 1 aromatic heterocycles. The first kappa shape index (κ1) is 23.7. The van der Waals surface area contributed by atoms with Gasteiger partial charge in [-0.25, -0.2) is 19.2 Å². The van der Waals surface area contributed by atoms with Gasteiger partial charge in [0.15, 0.2) is 11.5 Å². The summed E-state index contributed by atoms with van der Waals surface area (Å²) in [5, 5.41) is 17.7. The van der Waals surface area contributed by atoms with Crippen LogP contribution < -0.4 is 16.0 Å². The van der Waals surface area contributed by atoms with Gasteiger partial charge in [0.25, 0.3) is 0 Å². The lowest BCUT2D eigenvalue weighted by molar-refractivity contribution is 0.262. The third kappa shape index (κ3) is 8.78. The van der Waals surface area contributed by atoms with Crippen LogP contribution in [0.4, 0.5) is 20.7 Å². The van der Waals surface area contributed by atoms with Gasteiger partial charge in [-0.05, 0) is 49.3 Å². The van der Waals surface area contributed by atoms with E-state index < -0.39 is 6.03 Å². The van der Waals surface area contributed by atoms with Gasteiger partial charge in [0, 0.05) is 10.7 Å². The van der Waals surface area contributed by atoms with Crippen molar-refractivity contribution < 1.29 is 9.18 Å². The topological polar surface area (TPSA) is 103 Å². The number of halogens is 2. The number of aromatic nitrogens is 2. The molecule has 0 aliphatic carbocycles. The van der Waals surface area contributed by atoms with Crippen molar-refractivity contribution in [3.8, 4) is 6.07 Å². The van der Waals surface area contributed by atoms with Crippen LogP contribution in [0.25, 0.3) is 0 Å². The molecule has 7 nitrogen and oxygen atoms in total. The molecule has 160 valence electrons. The van der Waals surface area contributed by atoms with Crippen molar-refractivity contribution in [1.82, 2.24) is 15.3 Å². The minimum Gasteiger partial charge on any atom is -0.317 e. The van der Waals surface area contributed by atoms with Gasteiger partial charge in [0.1, 0.15) is 11.9 Å². The van der Waals surface area contributed by atoms with Crippen LogP contribution in [0.3, 0.4) is 0 Å². The minimum atomic E-state index is -0.467. The largest absolute Gasteiger partial charge is 0.324 e. The van der Waals surface area contributed by atoms with Crippen molar-refractivity contribution in [3.05, 3.63) is 83.0 Å². The molecule has 0 aliphatic rings. The molecule has 0 unspecified atom stereocenters. The summed E-state index contributed by atoms with van der Waals surface area (Å²) in [7, 11) is 0. The first-order chi connectivity index (χ1) is 15.0. The van der Waals surface area contributed by atoms with Gasteiger partial charge < -0.3 is 10.6 Å². The minimum absolute atomic E-state index is 0.178. The van der Waals surface area contributed by atoms with Crippen LogP contribution in [0.2, 0.25) is 5.02 Å². The van der Waals surface area contributed by atoms with Crippen molar-refractivity contribution in [2.24, 2.45) is 0 Å². The van der Waals surface area contributed by atoms with Crippen molar-refractivity contribution >= 4 is 29.1 Å². The molecular weight excluding hydrogens is 419 g/mol. The van der Waals surface area contributed by atoms with Gasteiger partial charge in [-0.2, -0.15) is 5.26 Å². The Morgan fingerprint density at radius 1 is 1.13 bits per heavy atom. The lowest BCUT2D eigenvalue weighted by Gasteiger charge is -2.10. The Labute approximate surface area is 185 Å². The summed E-state index contributed by atoms with van der Waals surface area (Å²) in [5.41, 5.74) is 1.77. The second kappa shape index (κ2) is 12.9. The number of nitrogens with one attached hydrogen (secondary N) is 3. The SMILES string of the molecule is CCNCCc1ccc(NC(=O)Nc2cnc(C#N)cn2)cc1Cl.Fc1ccccc1. The standard InChI is InChI=1S/C16H17ClN6O.C6H5F/c1-2-19-6-5-11-3-4-12(7-14(11)17)22-16(24)23-15-10-20-13(8-18)9-21-15;7-6-4-2-1-3-5-6/h3-4,7,9-10,19H,2,5-6H2,1H3,(H2,21,22,23,24);1-5H. The van der Waals surface area contributed by atoms with E-state index in [1.54, 1.807) is 30.3 Å². The number of carbonyl (C=O) groups is 1. The highest BCUT2D eigenvalue weighted by molar-refractivity contribution is 6.31. The lowest BCUT2D eigenvalue weighted by Crippen LogP contribution is -2.20. The molecule has 0 saturated heterocycles. The third-order valence-corrected chi connectivity index (χ3v) is 4.22. The van der Waals surface area contributed by atoms with Crippen LogP contribution in [-0.2, 0) is 6.42 Å². The average Bonchev–Trinajstić information content (AvgIpc) is 2.77. The van der Waals surface area contributed by atoms with Gasteiger partial charge in [-0.1, -0.05) is 42.8 Å².